The van der Waals surface area contributed by atoms with Crippen LogP contribution in [-0.2, 0) is 11.3 Å². The molecule has 3 aromatic rings. The van der Waals surface area contributed by atoms with Crippen molar-refractivity contribution in [2.45, 2.75) is 32.5 Å². The minimum Gasteiger partial charge on any atom is -0.390 e. The van der Waals surface area contributed by atoms with Crippen LogP contribution in [0.1, 0.15) is 19.4 Å². The van der Waals surface area contributed by atoms with Gasteiger partial charge in [0.15, 0.2) is 0 Å². The number of aliphatic hydroxyl groups excluding tert-OH is 1. The summed E-state index contributed by atoms with van der Waals surface area (Å²) in [5.41, 5.74) is 3.47. The first-order chi connectivity index (χ1) is 15.3. The van der Waals surface area contributed by atoms with Gasteiger partial charge in [-0.15, -0.1) is 0 Å². The predicted molar refractivity (Wildman–Crippen MR) is 127 cm³/mol. The Balaban J connectivity index is 0.000000380. The van der Waals surface area contributed by atoms with Crippen molar-refractivity contribution in [1.29, 1.82) is 0 Å². The molecular weight excluding hydrogens is 478 g/mol. The molecule has 3 rings (SSSR count). The first-order valence-electron chi connectivity index (χ1n) is 10.2. The van der Waals surface area contributed by atoms with E-state index in [2.05, 4.69) is 50.8 Å². The van der Waals surface area contributed by atoms with Gasteiger partial charge in [0.25, 0.3) is 0 Å². The normalized spacial score (nSPS) is 12.3. The Morgan fingerprint density at radius 3 is 2.22 bits per heavy atom. The van der Waals surface area contributed by atoms with Gasteiger partial charge in [-0.05, 0) is 47.9 Å². The van der Waals surface area contributed by atoms with Crippen molar-refractivity contribution in [1.82, 2.24) is 10.6 Å². The van der Waals surface area contributed by atoms with E-state index in [0.29, 0.717) is 13.1 Å². The maximum absolute atomic E-state index is 11.9. The van der Waals surface area contributed by atoms with Crippen molar-refractivity contribution in [2.24, 2.45) is 0 Å². The summed E-state index contributed by atoms with van der Waals surface area (Å²) >= 11 is 3.52. The van der Waals surface area contributed by atoms with Gasteiger partial charge in [-0.1, -0.05) is 58.4 Å². The molecule has 0 saturated carbocycles. The van der Waals surface area contributed by atoms with E-state index in [-0.39, 0.29) is 11.9 Å². The van der Waals surface area contributed by atoms with E-state index in [1.807, 2.05) is 24.3 Å². The summed E-state index contributed by atoms with van der Waals surface area (Å²) in [6.07, 6.45) is -0.638. The summed E-state index contributed by atoms with van der Waals surface area (Å²) < 4.78 is 24.9. The fraction of sp³-hybridized carbons (Fsp3) is 0.240. The Bertz CT molecular complexity index is 985. The lowest BCUT2D eigenvalue weighted by molar-refractivity contribution is -0.120. The Hall–Kier alpha value is -2.61. The van der Waals surface area contributed by atoms with Gasteiger partial charge >= 0.3 is 0 Å². The van der Waals surface area contributed by atoms with Gasteiger partial charge < -0.3 is 15.7 Å². The van der Waals surface area contributed by atoms with Crippen LogP contribution in [0.25, 0.3) is 11.1 Å². The predicted octanol–water partition coefficient (Wildman–Crippen LogP) is 5.06. The van der Waals surface area contributed by atoms with Crippen LogP contribution in [0.3, 0.4) is 0 Å². The first kappa shape index (κ1) is 25.6. The molecule has 32 heavy (non-hydrogen) atoms. The van der Waals surface area contributed by atoms with Crippen molar-refractivity contribution in [3.05, 3.63) is 94.5 Å². The largest absolute Gasteiger partial charge is 0.390 e. The molecule has 0 radical (unpaired) electrons. The van der Waals surface area contributed by atoms with E-state index in [1.165, 1.54) is 25.1 Å². The van der Waals surface area contributed by atoms with Gasteiger partial charge in [0, 0.05) is 30.6 Å². The van der Waals surface area contributed by atoms with Crippen LogP contribution >= 0.6 is 15.9 Å². The number of amides is 1. The minimum absolute atomic E-state index is 0.139. The van der Waals surface area contributed by atoms with E-state index in [9.17, 15) is 18.7 Å². The molecule has 4 nitrogen and oxygen atoms in total. The second kappa shape index (κ2) is 13.1. The van der Waals surface area contributed by atoms with Crippen LogP contribution < -0.4 is 10.6 Å². The van der Waals surface area contributed by atoms with Gasteiger partial charge in [-0.25, -0.2) is 8.78 Å². The molecule has 3 N–H and O–H groups in total. The monoisotopic (exact) mass is 504 g/mol. The molecule has 0 heterocycles. The van der Waals surface area contributed by atoms with Crippen LogP contribution in [0.15, 0.2) is 77.3 Å². The lowest BCUT2D eigenvalue weighted by Crippen LogP contribution is -2.44. The number of hydrogen-bond donors (Lipinski definition) is 3. The smallest absolute Gasteiger partial charge is 0.217 e. The summed E-state index contributed by atoms with van der Waals surface area (Å²) in [6, 6.07) is 20.7. The van der Waals surface area contributed by atoms with E-state index < -0.39 is 17.7 Å². The number of carbonyl (C=O) groups is 1. The lowest BCUT2D eigenvalue weighted by atomic mass is 9.99. The molecule has 0 spiro atoms. The second-order valence-electron chi connectivity index (χ2n) is 7.29. The van der Waals surface area contributed by atoms with Crippen molar-refractivity contribution in [3.63, 3.8) is 0 Å². The van der Waals surface area contributed by atoms with Crippen molar-refractivity contribution in [3.8, 4) is 11.1 Å². The molecule has 170 valence electrons. The summed E-state index contributed by atoms with van der Waals surface area (Å²) in [7, 11) is 0. The second-order valence-corrected chi connectivity index (χ2v) is 8.21. The lowest BCUT2D eigenvalue weighted by Gasteiger charge is -2.20. The van der Waals surface area contributed by atoms with E-state index >= 15 is 0 Å². The Morgan fingerprint density at radius 1 is 1.00 bits per heavy atom. The van der Waals surface area contributed by atoms with E-state index in [0.717, 1.165) is 27.2 Å². The first-order valence-corrected chi connectivity index (χ1v) is 11.0. The number of nitrogens with one attached hydrogen (secondary N) is 2. The highest BCUT2D eigenvalue weighted by atomic mass is 79.9. The zero-order valence-electron chi connectivity index (χ0n) is 18.0. The Labute approximate surface area is 195 Å². The third-order valence-corrected chi connectivity index (χ3v) is 5.11. The average molecular weight is 505 g/mol. The summed E-state index contributed by atoms with van der Waals surface area (Å²) in [5, 5.41) is 16.1. The quantitative estimate of drug-likeness (QED) is 0.421. The third kappa shape index (κ3) is 8.86. The molecule has 0 aliphatic heterocycles. The highest BCUT2D eigenvalue weighted by molar-refractivity contribution is 9.10. The molecule has 7 heteroatoms. The molecule has 1 unspecified atom stereocenters. The third-order valence-electron chi connectivity index (χ3n) is 4.62. The van der Waals surface area contributed by atoms with E-state index in [4.69, 9.17) is 0 Å². The molecule has 2 atom stereocenters. The molecule has 0 fully saturated rings. The van der Waals surface area contributed by atoms with Gasteiger partial charge in [0.1, 0.15) is 11.6 Å². The Kier molecular flexibility index (Phi) is 10.5. The van der Waals surface area contributed by atoms with Crippen LogP contribution in [0, 0.1) is 11.6 Å². The van der Waals surface area contributed by atoms with Crippen LogP contribution in [0.5, 0.6) is 0 Å². The molecule has 3 aromatic carbocycles. The standard InChI is InChI=1S/C19H23BrN2O2.C6H4F2/c1-13(22-14(2)23)19(24)12-21-11-16-10-17(20)8-9-18(16)15-6-4-3-5-7-15;7-5-2-1-3-6(8)4-5/h3-10,13,19,21,24H,11-12H2,1-2H3,(H,22,23);1-4H/t13-,19?;/m0./s1. The van der Waals surface area contributed by atoms with Crippen molar-refractivity contribution < 1.29 is 18.7 Å². The maximum Gasteiger partial charge on any atom is 0.217 e. The van der Waals surface area contributed by atoms with Crippen LogP contribution in [0.2, 0.25) is 0 Å². The summed E-state index contributed by atoms with van der Waals surface area (Å²) in [5.74, 6) is -1.21. The zero-order valence-corrected chi connectivity index (χ0v) is 19.6. The molecular formula is C25H27BrF2N2O2. The van der Waals surface area contributed by atoms with Crippen LogP contribution in [0.4, 0.5) is 8.78 Å². The SMILES string of the molecule is CC(=O)N[C@@H](C)C(O)CNCc1cc(Br)ccc1-c1ccccc1.Fc1cccc(F)c1. The molecule has 0 saturated heterocycles. The van der Waals surface area contributed by atoms with Crippen LogP contribution in [-0.4, -0.2) is 29.7 Å². The van der Waals surface area contributed by atoms with Crippen molar-refractivity contribution in [2.75, 3.05) is 6.54 Å². The maximum atomic E-state index is 11.9. The number of hydrogen-bond acceptors (Lipinski definition) is 3. The fourth-order valence-electron chi connectivity index (χ4n) is 3.02. The van der Waals surface area contributed by atoms with E-state index in [1.54, 1.807) is 6.92 Å². The van der Waals surface area contributed by atoms with Gasteiger partial charge in [-0.3, -0.25) is 4.79 Å². The number of carbonyl (C=O) groups excluding carboxylic acids is 1. The number of aliphatic hydroxyl groups is 1. The van der Waals surface area contributed by atoms with Gasteiger partial charge in [-0.2, -0.15) is 0 Å². The average Bonchev–Trinajstić information content (AvgIpc) is 2.74. The molecule has 0 aliphatic carbocycles. The topological polar surface area (TPSA) is 61.4 Å². The molecule has 0 aromatic heterocycles. The number of halogens is 3. The molecule has 1 amide bonds. The van der Waals surface area contributed by atoms with Crippen molar-refractivity contribution >= 4 is 21.8 Å². The fourth-order valence-corrected chi connectivity index (χ4v) is 3.42. The molecule has 0 bridgehead atoms. The minimum atomic E-state index is -0.638. The number of rotatable bonds is 7. The highest BCUT2D eigenvalue weighted by Gasteiger charge is 2.15. The zero-order chi connectivity index (χ0) is 23.5. The van der Waals surface area contributed by atoms with Gasteiger partial charge in [0.05, 0.1) is 12.1 Å². The Morgan fingerprint density at radius 2 is 1.66 bits per heavy atom. The summed E-state index contributed by atoms with van der Waals surface area (Å²) in [6.45, 7) is 4.28. The number of benzene rings is 3. The summed E-state index contributed by atoms with van der Waals surface area (Å²) in [4.78, 5) is 11.0. The highest BCUT2D eigenvalue weighted by Crippen LogP contribution is 2.26. The molecule has 0 aliphatic rings. The van der Waals surface area contributed by atoms with Gasteiger partial charge in [0.2, 0.25) is 5.91 Å².